The maximum atomic E-state index is 14.7. The quantitative estimate of drug-likeness (QED) is 0.243. The molecule has 0 spiro atoms. The van der Waals surface area contributed by atoms with Crippen LogP contribution in [0.2, 0.25) is 10.0 Å². The molecule has 3 aromatic rings. The molecule has 1 aromatic heterocycles. The molecule has 0 radical (unpaired) electrons. The van der Waals surface area contributed by atoms with Crippen molar-refractivity contribution in [1.82, 2.24) is 25.6 Å². The zero-order valence-electron chi connectivity index (χ0n) is 25.4. The fourth-order valence-electron chi connectivity index (χ4n) is 5.37. The molecule has 12 nitrogen and oxygen atoms in total. The highest BCUT2D eigenvalue weighted by Gasteiger charge is 2.52. The van der Waals surface area contributed by atoms with E-state index < -0.39 is 71.3 Å². The molecular weight excluding hydrogens is 668 g/mol. The highest BCUT2D eigenvalue weighted by molar-refractivity contribution is 6.34. The highest BCUT2D eigenvalue weighted by atomic mass is 35.5. The molecule has 252 valence electrons. The van der Waals surface area contributed by atoms with Crippen LogP contribution in [0, 0.1) is 17.5 Å². The van der Waals surface area contributed by atoms with Crippen molar-refractivity contribution in [3.8, 4) is 0 Å². The lowest BCUT2D eigenvalue weighted by molar-refractivity contribution is -0.149. The maximum Gasteiger partial charge on any atom is 0.407 e. The summed E-state index contributed by atoms with van der Waals surface area (Å²) in [5, 5.41) is 24.5. The number of benzene rings is 2. The van der Waals surface area contributed by atoms with Gasteiger partial charge in [-0.05, 0) is 57.5 Å². The van der Waals surface area contributed by atoms with Crippen molar-refractivity contribution in [2.75, 3.05) is 18.1 Å². The van der Waals surface area contributed by atoms with Gasteiger partial charge in [-0.2, -0.15) is 9.90 Å². The number of carbonyl (C=O) groups excluding carboxylic acids is 3. The molecule has 2 fully saturated rings. The van der Waals surface area contributed by atoms with E-state index in [4.69, 9.17) is 32.7 Å². The second-order valence-electron chi connectivity index (χ2n) is 12.2. The number of aromatic nitrogens is 3. The molecule has 4 atom stereocenters. The summed E-state index contributed by atoms with van der Waals surface area (Å²) in [5.74, 6) is -4.23. The van der Waals surface area contributed by atoms with Gasteiger partial charge >= 0.3 is 6.09 Å². The molecule has 2 aliphatic heterocycles. The van der Waals surface area contributed by atoms with Crippen LogP contribution in [0.15, 0.2) is 36.5 Å². The van der Waals surface area contributed by atoms with Crippen LogP contribution in [0.3, 0.4) is 0 Å². The molecule has 17 heteroatoms. The van der Waals surface area contributed by atoms with E-state index in [2.05, 4.69) is 20.8 Å². The van der Waals surface area contributed by atoms with Gasteiger partial charge in [-0.3, -0.25) is 14.5 Å². The Labute approximate surface area is 277 Å². The molecule has 5 rings (SSSR count). The Hall–Kier alpha value is -3.92. The van der Waals surface area contributed by atoms with Crippen molar-refractivity contribution in [1.29, 1.82) is 0 Å². The molecule has 2 saturated heterocycles. The summed E-state index contributed by atoms with van der Waals surface area (Å²) in [5.41, 5.74) is -3.44. The second kappa shape index (κ2) is 13.3. The van der Waals surface area contributed by atoms with E-state index in [1.165, 1.54) is 23.1 Å². The number of hydrogen-bond acceptors (Lipinski definition) is 8. The number of carbonyl (C=O) groups is 3. The number of anilines is 1. The predicted octanol–water partition coefficient (Wildman–Crippen LogP) is 4.38. The fraction of sp³-hybridized carbons (Fsp3) is 0.433. The molecule has 0 unspecified atom stereocenters. The van der Waals surface area contributed by atoms with Gasteiger partial charge < -0.3 is 25.2 Å². The SMILES string of the molecule is CC(C)(C)OC(=O)N[C@H]1C[C@@H](n2ncc(N3CC[C@](O)(C(=O)NCc4cc(Cl)cc(Cl)c4F)C3=O)n2)CO[C@@H]1c1cc(F)ccc1F. The fourth-order valence-corrected chi connectivity index (χ4v) is 5.91. The standard InChI is InChI=1S/C30H31Cl2F3N6O6/c1-29(2,3)47-28(44)38-22-11-18(14-46-25(22)19-10-17(33)4-5-21(19)34)41-37-13-23(39-41)40-7-6-30(45,27(40)43)26(42)36-12-15-8-16(31)9-20(32)24(15)35/h4-5,8-10,13,18,22,25,45H,6-7,11-12,14H2,1-3H3,(H,36,42)(H,38,44)/t18-,22+,25-,30+/m1/s1. The van der Waals surface area contributed by atoms with Gasteiger partial charge in [0.05, 0.1) is 29.9 Å². The van der Waals surface area contributed by atoms with Crippen LogP contribution >= 0.6 is 23.2 Å². The first kappa shape index (κ1) is 34.4. The molecular formula is C30H31Cl2F3N6O6. The minimum atomic E-state index is -2.47. The summed E-state index contributed by atoms with van der Waals surface area (Å²) in [6.07, 6.45) is -0.824. The number of rotatable bonds is 7. The molecule has 0 aliphatic carbocycles. The van der Waals surface area contributed by atoms with Crippen LogP contribution in [0.25, 0.3) is 0 Å². The number of halogens is 5. The summed E-state index contributed by atoms with van der Waals surface area (Å²) in [7, 11) is 0. The van der Waals surface area contributed by atoms with E-state index in [-0.39, 0.29) is 53.0 Å². The molecule has 2 aliphatic rings. The van der Waals surface area contributed by atoms with Crippen LogP contribution in [0.4, 0.5) is 23.8 Å². The van der Waals surface area contributed by atoms with E-state index in [0.29, 0.717) is 0 Å². The summed E-state index contributed by atoms with van der Waals surface area (Å²) in [4.78, 5) is 41.2. The number of alkyl carbamates (subject to hydrolysis) is 1. The predicted molar refractivity (Wildman–Crippen MR) is 162 cm³/mol. The van der Waals surface area contributed by atoms with E-state index >= 15 is 0 Å². The molecule has 3 amide bonds. The number of ether oxygens (including phenoxy) is 2. The normalized spacial score (nSPS) is 23.1. The van der Waals surface area contributed by atoms with Crippen LogP contribution in [0.5, 0.6) is 0 Å². The molecule has 2 aromatic carbocycles. The molecule has 3 N–H and O–H groups in total. The summed E-state index contributed by atoms with van der Waals surface area (Å²) < 4.78 is 54.4. The van der Waals surface area contributed by atoms with Crippen molar-refractivity contribution >= 4 is 46.9 Å². The summed E-state index contributed by atoms with van der Waals surface area (Å²) >= 11 is 11.7. The van der Waals surface area contributed by atoms with Gasteiger partial charge in [0.1, 0.15) is 29.2 Å². The number of aliphatic hydroxyl groups is 1. The first-order valence-corrected chi connectivity index (χ1v) is 15.3. The average molecular weight is 700 g/mol. The largest absolute Gasteiger partial charge is 0.444 e. The third-order valence-corrected chi connectivity index (χ3v) is 8.10. The van der Waals surface area contributed by atoms with Crippen LogP contribution in [-0.2, 0) is 25.6 Å². The van der Waals surface area contributed by atoms with E-state index in [1.54, 1.807) is 20.8 Å². The Morgan fingerprint density at radius 3 is 2.66 bits per heavy atom. The maximum absolute atomic E-state index is 14.7. The van der Waals surface area contributed by atoms with Gasteiger partial charge in [0.25, 0.3) is 11.8 Å². The number of hydrogen-bond donors (Lipinski definition) is 3. The van der Waals surface area contributed by atoms with Gasteiger partial charge in [0.15, 0.2) is 5.82 Å². The molecule has 0 saturated carbocycles. The highest BCUT2D eigenvalue weighted by Crippen LogP contribution is 2.36. The topological polar surface area (TPSA) is 148 Å². The third-order valence-electron chi connectivity index (χ3n) is 7.61. The summed E-state index contributed by atoms with van der Waals surface area (Å²) in [6, 6.07) is 3.83. The van der Waals surface area contributed by atoms with E-state index in [9.17, 15) is 32.7 Å². The molecule has 0 bridgehead atoms. The number of nitrogens with zero attached hydrogens (tertiary/aromatic N) is 4. The van der Waals surface area contributed by atoms with Gasteiger partial charge in [-0.25, -0.2) is 18.0 Å². The number of nitrogens with one attached hydrogen (secondary N) is 2. The second-order valence-corrected chi connectivity index (χ2v) is 13.0. The average Bonchev–Trinajstić information content (AvgIpc) is 3.59. The van der Waals surface area contributed by atoms with Crippen molar-refractivity contribution in [3.63, 3.8) is 0 Å². The Balaban J connectivity index is 1.29. The third kappa shape index (κ3) is 7.48. The Morgan fingerprint density at radius 2 is 1.94 bits per heavy atom. The van der Waals surface area contributed by atoms with Crippen molar-refractivity contribution in [2.45, 2.75) is 69.5 Å². The lowest BCUT2D eigenvalue weighted by atomic mass is 9.93. The number of amides is 3. The minimum absolute atomic E-state index is 0.0151. The Bertz CT molecular complexity index is 1700. The van der Waals surface area contributed by atoms with Gasteiger partial charge in [0.2, 0.25) is 5.60 Å². The Kier molecular flexibility index (Phi) is 9.74. The van der Waals surface area contributed by atoms with E-state index in [0.717, 1.165) is 23.1 Å². The first-order valence-electron chi connectivity index (χ1n) is 14.5. The van der Waals surface area contributed by atoms with Gasteiger partial charge in [-0.1, -0.05) is 23.2 Å². The minimum Gasteiger partial charge on any atom is -0.444 e. The monoisotopic (exact) mass is 698 g/mol. The van der Waals surface area contributed by atoms with Crippen molar-refractivity contribution < 1.29 is 42.1 Å². The van der Waals surface area contributed by atoms with Gasteiger partial charge in [-0.15, -0.1) is 5.10 Å². The van der Waals surface area contributed by atoms with Gasteiger partial charge in [0, 0.05) is 35.7 Å². The van der Waals surface area contributed by atoms with Crippen LogP contribution in [-0.4, -0.2) is 68.4 Å². The Morgan fingerprint density at radius 1 is 1.19 bits per heavy atom. The van der Waals surface area contributed by atoms with Crippen molar-refractivity contribution in [3.05, 3.63) is 75.2 Å². The lowest BCUT2D eigenvalue weighted by Gasteiger charge is -2.36. The molecule has 3 heterocycles. The lowest BCUT2D eigenvalue weighted by Crippen LogP contribution is -2.52. The zero-order chi connectivity index (χ0) is 34.3. The van der Waals surface area contributed by atoms with Crippen molar-refractivity contribution in [2.24, 2.45) is 0 Å². The smallest absolute Gasteiger partial charge is 0.407 e. The van der Waals surface area contributed by atoms with Crippen LogP contribution < -0.4 is 15.5 Å². The molecule has 47 heavy (non-hydrogen) atoms. The first-order chi connectivity index (χ1) is 22.1. The zero-order valence-corrected chi connectivity index (χ0v) is 26.9. The summed E-state index contributed by atoms with van der Waals surface area (Å²) in [6.45, 7) is 4.45. The van der Waals surface area contributed by atoms with Crippen LogP contribution in [0.1, 0.15) is 56.9 Å². The van der Waals surface area contributed by atoms with E-state index in [1.807, 2.05) is 0 Å².